The normalized spacial score (nSPS) is 13.2. The van der Waals surface area contributed by atoms with E-state index in [0.29, 0.717) is 22.8 Å². The Morgan fingerprint density at radius 1 is 1.36 bits per heavy atom. The largest absolute Gasteiger partial charge is 0.387 e. The molecule has 2 rings (SSSR count). The molecule has 22 heavy (non-hydrogen) atoms. The van der Waals surface area contributed by atoms with Crippen LogP contribution in [-0.2, 0) is 22.0 Å². The van der Waals surface area contributed by atoms with Gasteiger partial charge in [-0.3, -0.25) is 0 Å². The van der Waals surface area contributed by atoms with Gasteiger partial charge in [0.15, 0.2) is 15.7 Å². The van der Waals surface area contributed by atoms with Gasteiger partial charge in [0.2, 0.25) is 5.89 Å². The third-order valence-electron chi connectivity index (χ3n) is 3.00. The van der Waals surface area contributed by atoms with E-state index in [1.54, 1.807) is 24.3 Å². The highest BCUT2D eigenvalue weighted by molar-refractivity contribution is 7.90. The Kier molecular flexibility index (Phi) is 5.55. The first kappa shape index (κ1) is 16.9. The Morgan fingerprint density at radius 3 is 2.77 bits per heavy atom. The molecule has 0 aliphatic heterocycles. The van der Waals surface area contributed by atoms with E-state index < -0.39 is 27.4 Å². The molecule has 0 bridgehead atoms. The van der Waals surface area contributed by atoms with E-state index in [2.05, 4.69) is 10.1 Å². The first-order valence-electron chi connectivity index (χ1n) is 6.85. The molecule has 1 N–H and O–H groups in total. The smallest absolute Gasteiger partial charge is 0.241 e. The molecule has 1 aromatic heterocycles. The number of hydrogen-bond acceptors (Lipinski definition) is 6. The molecule has 120 valence electrons. The van der Waals surface area contributed by atoms with Crippen LogP contribution in [0, 0.1) is 0 Å². The van der Waals surface area contributed by atoms with Crippen molar-refractivity contribution in [2.75, 3.05) is 5.75 Å². The van der Waals surface area contributed by atoms with Crippen molar-refractivity contribution in [2.24, 2.45) is 0 Å². The Labute approximate surface area is 134 Å². The van der Waals surface area contributed by atoms with Crippen molar-refractivity contribution in [3.05, 3.63) is 46.6 Å². The van der Waals surface area contributed by atoms with Crippen molar-refractivity contribution < 1.29 is 18.0 Å². The molecule has 6 nitrogen and oxygen atoms in total. The van der Waals surface area contributed by atoms with E-state index >= 15 is 0 Å². The summed E-state index contributed by atoms with van der Waals surface area (Å²) in [4.78, 5) is 4.02. The van der Waals surface area contributed by atoms with Gasteiger partial charge in [-0.05, 0) is 12.5 Å². The summed E-state index contributed by atoms with van der Waals surface area (Å²) in [5.41, 5.74) is 0.380. The summed E-state index contributed by atoms with van der Waals surface area (Å²) >= 11 is 5.95. The van der Waals surface area contributed by atoms with E-state index in [1.807, 2.05) is 6.92 Å². The van der Waals surface area contributed by atoms with E-state index in [0.717, 1.165) is 6.42 Å². The van der Waals surface area contributed by atoms with Crippen LogP contribution in [0.5, 0.6) is 0 Å². The summed E-state index contributed by atoms with van der Waals surface area (Å²) < 4.78 is 29.2. The molecule has 0 fully saturated rings. The second-order valence-corrected chi connectivity index (χ2v) is 7.46. The molecule has 0 amide bonds. The van der Waals surface area contributed by atoms with Gasteiger partial charge in [0.05, 0.1) is 11.9 Å². The molecule has 2 aromatic rings. The van der Waals surface area contributed by atoms with Gasteiger partial charge < -0.3 is 9.63 Å². The SMILES string of the molecule is CCCc1noc(CS(=O)(=O)CC(O)c2ccccc2Cl)n1. The van der Waals surface area contributed by atoms with Crippen LogP contribution in [0.15, 0.2) is 28.8 Å². The maximum Gasteiger partial charge on any atom is 0.241 e. The third-order valence-corrected chi connectivity index (χ3v) is 4.86. The number of nitrogens with zero attached hydrogens (tertiary/aromatic N) is 2. The highest BCUT2D eigenvalue weighted by Crippen LogP contribution is 2.24. The van der Waals surface area contributed by atoms with Gasteiger partial charge in [-0.2, -0.15) is 4.98 Å². The van der Waals surface area contributed by atoms with Crippen LogP contribution < -0.4 is 0 Å². The fraction of sp³-hybridized carbons (Fsp3) is 0.429. The van der Waals surface area contributed by atoms with Crippen LogP contribution in [-0.4, -0.2) is 29.4 Å². The molecule has 0 saturated heterocycles. The van der Waals surface area contributed by atoms with E-state index in [-0.39, 0.29) is 5.89 Å². The monoisotopic (exact) mass is 344 g/mol. The van der Waals surface area contributed by atoms with Gasteiger partial charge in [0.25, 0.3) is 0 Å². The van der Waals surface area contributed by atoms with Crippen molar-refractivity contribution in [3.63, 3.8) is 0 Å². The van der Waals surface area contributed by atoms with Gasteiger partial charge in [-0.15, -0.1) is 0 Å². The molecule has 1 atom stereocenters. The molecule has 0 aliphatic carbocycles. The van der Waals surface area contributed by atoms with Gasteiger partial charge in [-0.1, -0.05) is 41.9 Å². The number of aliphatic hydroxyl groups is 1. The number of halogens is 1. The second kappa shape index (κ2) is 7.21. The van der Waals surface area contributed by atoms with Gasteiger partial charge >= 0.3 is 0 Å². The molecule has 0 radical (unpaired) electrons. The first-order valence-corrected chi connectivity index (χ1v) is 9.05. The number of benzene rings is 1. The lowest BCUT2D eigenvalue weighted by atomic mass is 10.1. The summed E-state index contributed by atoms with van der Waals surface area (Å²) in [6, 6.07) is 6.59. The Balaban J connectivity index is 2.05. The fourth-order valence-electron chi connectivity index (χ4n) is 2.00. The van der Waals surface area contributed by atoms with Crippen LogP contribution in [0.2, 0.25) is 5.02 Å². The van der Waals surface area contributed by atoms with Crippen molar-refractivity contribution in [1.29, 1.82) is 0 Å². The highest BCUT2D eigenvalue weighted by atomic mass is 35.5. The molecule has 1 unspecified atom stereocenters. The lowest BCUT2D eigenvalue weighted by Crippen LogP contribution is -2.17. The van der Waals surface area contributed by atoms with Crippen molar-refractivity contribution >= 4 is 21.4 Å². The average Bonchev–Trinajstić information content (AvgIpc) is 2.85. The molecule has 8 heteroatoms. The molecular formula is C14H17ClN2O4S. The van der Waals surface area contributed by atoms with E-state index in [9.17, 15) is 13.5 Å². The average molecular weight is 345 g/mol. The van der Waals surface area contributed by atoms with E-state index in [1.165, 1.54) is 0 Å². The van der Waals surface area contributed by atoms with Gasteiger partial charge in [0, 0.05) is 17.0 Å². The van der Waals surface area contributed by atoms with Gasteiger partial charge in [0.1, 0.15) is 5.75 Å². The first-order chi connectivity index (χ1) is 10.4. The number of rotatable bonds is 7. The van der Waals surface area contributed by atoms with Crippen LogP contribution >= 0.6 is 11.6 Å². The topological polar surface area (TPSA) is 93.3 Å². The maximum absolute atomic E-state index is 12.1. The van der Waals surface area contributed by atoms with Crippen LogP contribution in [0.3, 0.4) is 0 Å². The maximum atomic E-state index is 12.1. The molecule has 1 aromatic carbocycles. The Bertz CT molecular complexity index is 730. The van der Waals surface area contributed by atoms with Crippen LogP contribution in [0.1, 0.15) is 36.7 Å². The number of aliphatic hydroxyl groups excluding tert-OH is 1. The zero-order valence-electron chi connectivity index (χ0n) is 12.1. The predicted molar refractivity (Wildman–Crippen MR) is 82.2 cm³/mol. The summed E-state index contributed by atoms with van der Waals surface area (Å²) in [5.74, 6) is -0.331. The Morgan fingerprint density at radius 2 is 2.09 bits per heavy atom. The highest BCUT2D eigenvalue weighted by Gasteiger charge is 2.23. The van der Waals surface area contributed by atoms with Crippen molar-refractivity contribution in [2.45, 2.75) is 31.6 Å². The minimum Gasteiger partial charge on any atom is -0.387 e. The molecule has 0 spiro atoms. The number of hydrogen-bond donors (Lipinski definition) is 1. The van der Waals surface area contributed by atoms with Crippen molar-refractivity contribution in [3.8, 4) is 0 Å². The van der Waals surface area contributed by atoms with Crippen LogP contribution in [0.4, 0.5) is 0 Å². The Hall–Kier alpha value is -1.44. The molecule has 0 aliphatic rings. The lowest BCUT2D eigenvalue weighted by molar-refractivity contribution is 0.201. The summed E-state index contributed by atoms with van der Waals surface area (Å²) in [5, 5.41) is 14.1. The lowest BCUT2D eigenvalue weighted by Gasteiger charge is -2.12. The third kappa shape index (κ3) is 4.53. The minimum absolute atomic E-state index is 0.0369. The number of aryl methyl sites for hydroxylation is 1. The zero-order valence-corrected chi connectivity index (χ0v) is 13.6. The summed E-state index contributed by atoms with van der Waals surface area (Å²) in [7, 11) is -3.61. The van der Waals surface area contributed by atoms with Gasteiger partial charge in [-0.25, -0.2) is 8.42 Å². The standard InChI is InChI=1S/C14H17ClN2O4S/c1-2-5-13-16-14(21-17-13)9-22(19,20)8-12(18)10-6-3-4-7-11(10)15/h3-4,6-7,12,18H,2,5,8-9H2,1H3. The molecule has 1 heterocycles. The predicted octanol–water partition coefficient (Wildman–Crippen LogP) is 2.32. The molecular weight excluding hydrogens is 328 g/mol. The fourth-order valence-corrected chi connectivity index (χ4v) is 3.53. The van der Waals surface area contributed by atoms with E-state index in [4.69, 9.17) is 16.1 Å². The number of aromatic nitrogens is 2. The summed E-state index contributed by atoms with van der Waals surface area (Å²) in [6.45, 7) is 1.97. The quantitative estimate of drug-likeness (QED) is 0.828. The minimum atomic E-state index is -3.61. The van der Waals surface area contributed by atoms with Crippen molar-refractivity contribution in [1.82, 2.24) is 10.1 Å². The second-order valence-electron chi connectivity index (χ2n) is 4.95. The van der Waals surface area contributed by atoms with Crippen LogP contribution in [0.25, 0.3) is 0 Å². The zero-order chi connectivity index (χ0) is 16.2. The summed E-state index contributed by atoms with van der Waals surface area (Å²) in [6.07, 6.45) is 0.277. The number of sulfone groups is 1. The molecule has 0 saturated carbocycles.